The minimum Gasteiger partial charge on any atom is -0.481 e. The van der Waals surface area contributed by atoms with Crippen molar-refractivity contribution in [1.82, 2.24) is 5.32 Å². The van der Waals surface area contributed by atoms with Gasteiger partial charge in [-0.1, -0.05) is 27.2 Å². The maximum Gasteiger partial charge on any atom is 0.307 e. The lowest BCUT2D eigenvalue weighted by molar-refractivity contribution is -0.146. The lowest BCUT2D eigenvalue weighted by Gasteiger charge is -2.24. The molecule has 0 aliphatic heterocycles. The Morgan fingerprint density at radius 1 is 1.29 bits per heavy atom. The molecule has 3 atom stereocenters. The van der Waals surface area contributed by atoms with E-state index in [-0.39, 0.29) is 17.9 Å². The number of nitrogens with one attached hydrogen (secondary N) is 1. The highest BCUT2D eigenvalue weighted by molar-refractivity contribution is 5.85. The van der Waals surface area contributed by atoms with E-state index in [0.717, 1.165) is 12.8 Å². The van der Waals surface area contributed by atoms with Gasteiger partial charge in [0, 0.05) is 6.04 Å². The SMILES string of the molecule is CCC(NC(=O)C1CCCC1C(=O)O)C(C)C. The number of hydrogen-bond acceptors (Lipinski definition) is 2. The zero-order valence-corrected chi connectivity index (χ0v) is 10.9. The summed E-state index contributed by atoms with van der Waals surface area (Å²) in [6.45, 7) is 6.17. The van der Waals surface area contributed by atoms with Crippen LogP contribution in [-0.4, -0.2) is 23.0 Å². The van der Waals surface area contributed by atoms with Crippen LogP contribution >= 0.6 is 0 Å². The van der Waals surface area contributed by atoms with Gasteiger partial charge in [-0.05, 0) is 25.2 Å². The molecule has 1 saturated carbocycles. The lowest BCUT2D eigenvalue weighted by atomic mass is 9.93. The highest BCUT2D eigenvalue weighted by atomic mass is 16.4. The van der Waals surface area contributed by atoms with Crippen LogP contribution in [0.3, 0.4) is 0 Å². The monoisotopic (exact) mass is 241 g/mol. The molecule has 3 unspecified atom stereocenters. The predicted octanol–water partition coefficient (Wildman–Crippen LogP) is 2.04. The third-order valence-electron chi connectivity index (χ3n) is 3.74. The van der Waals surface area contributed by atoms with Crippen LogP contribution in [0.5, 0.6) is 0 Å². The van der Waals surface area contributed by atoms with E-state index in [2.05, 4.69) is 19.2 Å². The Labute approximate surface area is 103 Å². The maximum absolute atomic E-state index is 12.1. The Kier molecular flexibility index (Phi) is 4.97. The van der Waals surface area contributed by atoms with E-state index in [4.69, 9.17) is 5.11 Å². The average molecular weight is 241 g/mol. The van der Waals surface area contributed by atoms with Crippen molar-refractivity contribution in [3.05, 3.63) is 0 Å². The first-order chi connectivity index (χ1) is 7.97. The summed E-state index contributed by atoms with van der Waals surface area (Å²) in [7, 11) is 0. The van der Waals surface area contributed by atoms with E-state index < -0.39 is 11.9 Å². The van der Waals surface area contributed by atoms with Gasteiger partial charge in [0.15, 0.2) is 0 Å². The molecule has 0 bridgehead atoms. The van der Waals surface area contributed by atoms with E-state index >= 15 is 0 Å². The summed E-state index contributed by atoms with van der Waals surface area (Å²) in [5, 5.41) is 12.0. The maximum atomic E-state index is 12.1. The first-order valence-corrected chi connectivity index (χ1v) is 6.50. The van der Waals surface area contributed by atoms with Crippen molar-refractivity contribution >= 4 is 11.9 Å². The first-order valence-electron chi connectivity index (χ1n) is 6.50. The molecule has 4 nitrogen and oxygen atoms in total. The predicted molar refractivity (Wildman–Crippen MR) is 65.5 cm³/mol. The van der Waals surface area contributed by atoms with Crippen molar-refractivity contribution in [3.63, 3.8) is 0 Å². The Hall–Kier alpha value is -1.06. The summed E-state index contributed by atoms with van der Waals surface area (Å²) in [6, 6.07) is 0.151. The van der Waals surface area contributed by atoms with Crippen molar-refractivity contribution in [2.75, 3.05) is 0 Å². The van der Waals surface area contributed by atoms with Crippen LogP contribution in [0.15, 0.2) is 0 Å². The summed E-state index contributed by atoms with van der Waals surface area (Å²) in [6.07, 6.45) is 3.06. The standard InChI is InChI=1S/C13H23NO3/c1-4-11(8(2)3)14-12(15)9-6-5-7-10(9)13(16)17/h8-11H,4-7H2,1-3H3,(H,14,15)(H,16,17). The molecule has 0 aromatic carbocycles. The van der Waals surface area contributed by atoms with Crippen LogP contribution in [0.25, 0.3) is 0 Å². The first kappa shape index (κ1) is 14.0. The summed E-state index contributed by atoms with van der Waals surface area (Å²) < 4.78 is 0. The lowest BCUT2D eigenvalue weighted by Crippen LogP contribution is -2.43. The molecule has 0 aromatic rings. The normalized spacial score (nSPS) is 25.9. The second kappa shape index (κ2) is 6.03. The van der Waals surface area contributed by atoms with Crippen LogP contribution in [0.2, 0.25) is 0 Å². The number of carbonyl (C=O) groups excluding carboxylic acids is 1. The Morgan fingerprint density at radius 3 is 2.35 bits per heavy atom. The van der Waals surface area contributed by atoms with E-state index in [1.807, 2.05) is 6.92 Å². The van der Waals surface area contributed by atoms with Gasteiger partial charge in [0.05, 0.1) is 11.8 Å². The topological polar surface area (TPSA) is 66.4 Å². The fraction of sp³-hybridized carbons (Fsp3) is 0.846. The third kappa shape index (κ3) is 3.45. The third-order valence-corrected chi connectivity index (χ3v) is 3.74. The molecule has 1 aliphatic carbocycles. The molecule has 0 aromatic heterocycles. The molecule has 0 spiro atoms. The van der Waals surface area contributed by atoms with Crippen LogP contribution in [-0.2, 0) is 9.59 Å². The largest absolute Gasteiger partial charge is 0.481 e. The van der Waals surface area contributed by atoms with Crippen molar-refractivity contribution in [1.29, 1.82) is 0 Å². The highest BCUT2D eigenvalue weighted by Gasteiger charge is 2.38. The van der Waals surface area contributed by atoms with Gasteiger partial charge in [0.25, 0.3) is 0 Å². The molecule has 4 heteroatoms. The quantitative estimate of drug-likeness (QED) is 0.774. The van der Waals surface area contributed by atoms with Gasteiger partial charge in [-0.3, -0.25) is 9.59 Å². The van der Waals surface area contributed by atoms with Gasteiger partial charge in [-0.15, -0.1) is 0 Å². The van der Waals surface area contributed by atoms with E-state index in [1.165, 1.54) is 0 Å². The minimum atomic E-state index is -0.833. The molecular weight excluding hydrogens is 218 g/mol. The summed E-state index contributed by atoms with van der Waals surface area (Å²) in [5.41, 5.74) is 0. The van der Waals surface area contributed by atoms with Crippen molar-refractivity contribution in [2.45, 2.75) is 52.5 Å². The minimum absolute atomic E-state index is 0.0737. The van der Waals surface area contributed by atoms with Gasteiger partial charge < -0.3 is 10.4 Å². The van der Waals surface area contributed by atoms with Gasteiger partial charge in [-0.25, -0.2) is 0 Å². The van der Waals surface area contributed by atoms with Crippen molar-refractivity contribution < 1.29 is 14.7 Å². The molecule has 1 fully saturated rings. The van der Waals surface area contributed by atoms with Crippen LogP contribution in [0.4, 0.5) is 0 Å². The molecule has 0 saturated heterocycles. The van der Waals surface area contributed by atoms with E-state index in [9.17, 15) is 9.59 Å². The number of carboxylic acids is 1. The smallest absolute Gasteiger partial charge is 0.307 e. The van der Waals surface area contributed by atoms with Crippen molar-refractivity contribution in [3.8, 4) is 0 Å². The summed E-state index contributed by atoms with van der Waals surface area (Å²) in [5.74, 6) is -1.34. The average Bonchev–Trinajstić information content (AvgIpc) is 2.73. The molecule has 98 valence electrons. The number of amides is 1. The number of hydrogen-bond donors (Lipinski definition) is 2. The zero-order valence-electron chi connectivity index (χ0n) is 10.9. The fourth-order valence-corrected chi connectivity index (χ4v) is 2.60. The molecule has 1 amide bonds. The van der Waals surface area contributed by atoms with Crippen LogP contribution in [0.1, 0.15) is 46.5 Å². The molecule has 0 heterocycles. The molecule has 1 aliphatic rings. The summed E-state index contributed by atoms with van der Waals surface area (Å²) >= 11 is 0. The van der Waals surface area contributed by atoms with Gasteiger partial charge in [0.2, 0.25) is 5.91 Å². The van der Waals surface area contributed by atoms with Gasteiger partial charge in [-0.2, -0.15) is 0 Å². The number of aliphatic carboxylic acids is 1. The number of carboxylic acid groups (broad SMARTS) is 1. The fourth-order valence-electron chi connectivity index (χ4n) is 2.60. The molecule has 17 heavy (non-hydrogen) atoms. The highest BCUT2D eigenvalue weighted by Crippen LogP contribution is 2.32. The number of carbonyl (C=O) groups is 2. The number of rotatable bonds is 5. The van der Waals surface area contributed by atoms with Gasteiger partial charge in [0.1, 0.15) is 0 Å². The van der Waals surface area contributed by atoms with E-state index in [0.29, 0.717) is 18.8 Å². The molecule has 2 N–H and O–H groups in total. The van der Waals surface area contributed by atoms with Crippen LogP contribution < -0.4 is 5.32 Å². The Bertz CT molecular complexity index is 288. The Balaban J connectivity index is 2.60. The van der Waals surface area contributed by atoms with Crippen LogP contribution in [0, 0.1) is 17.8 Å². The Morgan fingerprint density at radius 2 is 1.88 bits per heavy atom. The second-order valence-corrected chi connectivity index (χ2v) is 5.25. The second-order valence-electron chi connectivity index (χ2n) is 5.25. The summed E-state index contributed by atoms with van der Waals surface area (Å²) in [4.78, 5) is 23.1. The molecule has 1 rings (SSSR count). The van der Waals surface area contributed by atoms with Crippen molar-refractivity contribution in [2.24, 2.45) is 17.8 Å². The molecule has 0 radical (unpaired) electrons. The van der Waals surface area contributed by atoms with E-state index in [1.54, 1.807) is 0 Å². The zero-order chi connectivity index (χ0) is 13.0. The molecular formula is C13H23NO3. The van der Waals surface area contributed by atoms with Gasteiger partial charge >= 0.3 is 5.97 Å².